The van der Waals surface area contributed by atoms with Crippen molar-refractivity contribution in [3.63, 3.8) is 0 Å². The van der Waals surface area contributed by atoms with E-state index in [1.54, 1.807) is 0 Å². The molecule has 0 aliphatic heterocycles. The van der Waals surface area contributed by atoms with E-state index in [2.05, 4.69) is 0 Å². The summed E-state index contributed by atoms with van der Waals surface area (Å²) in [7, 11) is 0. The zero-order valence-electron chi connectivity index (χ0n) is 6.52. The Morgan fingerprint density at radius 3 is 2.55 bits per heavy atom. The fourth-order valence-electron chi connectivity index (χ4n) is 1.55. The lowest BCUT2D eigenvalue weighted by atomic mass is 9.89. The van der Waals surface area contributed by atoms with Crippen molar-refractivity contribution in [2.24, 2.45) is 5.92 Å². The van der Waals surface area contributed by atoms with Gasteiger partial charge in [-0.15, -0.1) is 0 Å². The van der Waals surface area contributed by atoms with Gasteiger partial charge in [-0.25, -0.2) is 0 Å². The second kappa shape index (κ2) is 4.12. The van der Waals surface area contributed by atoms with Gasteiger partial charge >= 0.3 is 0 Å². The van der Waals surface area contributed by atoms with Gasteiger partial charge in [0.2, 0.25) is 0 Å². The SMILES string of the molecule is N#CC(F)=CC1CCCCC1. The number of halogens is 1. The van der Waals surface area contributed by atoms with Gasteiger partial charge in [0.05, 0.1) is 0 Å². The van der Waals surface area contributed by atoms with Gasteiger partial charge in [-0.1, -0.05) is 19.3 Å². The molecule has 11 heavy (non-hydrogen) atoms. The molecule has 60 valence electrons. The topological polar surface area (TPSA) is 23.8 Å². The molecule has 0 radical (unpaired) electrons. The molecule has 0 aromatic carbocycles. The third-order valence-electron chi connectivity index (χ3n) is 2.14. The Kier molecular flexibility index (Phi) is 3.10. The maximum atomic E-state index is 12.4. The zero-order chi connectivity index (χ0) is 8.10. The molecule has 0 N–H and O–H groups in total. The third kappa shape index (κ3) is 2.71. The smallest absolute Gasteiger partial charge is 0.195 e. The Labute approximate surface area is 66.5 Å². The van der Waals surface area contributed by atoms with Crippen molar-refractivity contribution in [3.8, 4) is 6.07 Å². The van der Waals surface area contributed by atoms with E-state index in [4.69, 9.17) is 5.26 Å². The van der Waals surface area contributed by atoms with Crippen LogP contribution in [0.15, 0.2) is 11.9 Å². The van der Waals surface area contributed by atoms with Crippen LogP contribution in [0.2, 0.25) is 0 Å². The van der Waals surface area contributed by atoms with E-state index in [1.165, 1.54) is 31.4 Å². The first-order valence-corrected chi connectivity index (χ1v) is 4.10. The molecule has 0 aromatic rings. The molecule has 2 heteroatoms. The summed E-state index contributed by atoms with van der Waals surface area (Å²) in [6.45, 7) is 0. The zero-order valence-corrected chi connectivity index (χ0v) is 6.52. The molecular weight excluding hydrogens is 141 g/mol. The molecule has 0 amide bonds. The second-order valence-corrected chi connectivity index (χ2v) is 3.02. The lowest BCUT2D eigenvalue weighted by Gasteiger charge is -2.17. The first-order valence-electron chi connectivity index (χ1n) is 4.10. The minimum Gasteiger partial charge on any atom is -0.195 e. The van der Waals surface area contributed by atoms with Gasteiger partial charge in [0.25, 0.3) is 0 Å². The van der Waals surface area contributed by atoms with E-state index < -0.39 is 5.83 Å². The lowest BCUT2D eigenvalue weighted by Crippen LogP contribution is -2.02. The van der Waals surface area contributed by atoms with Crippen LogP contribution in [0.4, 0.5) is 4.39 Å². The van der Waals surface area contributed by atoms with E-state index in [1.807, 2.05) is 0 Å². The van der Waals surface area contributed by atoms with Gasteiger partial charge < -0.3 is 0 Å². The normalized spacial score (nSPS) is 21.3. The van der Waals surface area contributed by atoms with Gasteiger partial charge in [-0.3, -0.25) is 0 Å². The maximum absolute atomic E-state index is 12.4. The van der Waals surface area contributed by atoms with Crippen molar-refractivity contribution in [3.05, 3.63) is 11.9 Å². The van der Waals surface area contributed by atoms with Crippen molar-refractivity contribution in [2.75, 3.05) is 0 Å². The highest BCUT2D eigenvalue weighted by molar-refractivity contribution is 5.13. The molecule has 0 unspecified atom stereocenters. The van der Waals surface area contributed by atoms with E-state index in [9.17, 15) is 4.39 Å². The summed E-state index contributed by atoms with van der Waals surface area (Å²) in [5.74, 6) is -0.291. The van der Waals surface area contributed by atoms with E-state index >= 15 is 0 Å². The van der Waals surface area contributed by atoms with Gasteiger partial charge in [-0.2, -0.15) is 9.65 Å². The number of hydrogen-bond donors (Lipinski definition) is 0. The molecule has 1 aliphatic rings. The summed E-state index contributed by atoms with van der Waals surface area (Å²) in [6.07, 6.45) is 7.20. The Morgan fingerprint density at radius 1 is 1.36 bits per heavy atom. The van der Waals surface area contributed by atoms with Crippen molar-refractivity contribution >= 4 is 0 Å². The van der Waals surface area contributed by atoms with Crippen LogP contribution in [-0.2, 0) is 0 Å². The lowest BCUT2D eigenvalue weighted by molar-refractivity contribution is 0.413. The Hall–Kier alpha value is -0.840. The fraction of sp³-hybridized carbons (Fsp3) is 0.667. The highest BCUT2D eigenvalue weighted by atomic mass is 19.1. The number of nitriles is 1. The number of allylic oxidation sites excluding steroid dienone is 2. The van der Waals surface area contributed by atoms with E-state index in [-0.39, 0.29) is 0 Å². The van der Waals surface area contributed by atoms with Gasteiger partial charge in [0.15, 0.2) is 5.83 Å². The molecule has 0 saturated heterocycles. The third-order valence-corrected chi connectivity index (χ3v) is 2.14. The highest BCUT2D eigenvalue weighted by Gasteiger charge is 2.11. The molecule has 1 fully saturated rings. The van der Waals surface area contributed by atoms with Crippen molar-refractivity contribution in [1.29, 1.82) is 5.26 Å². The van der Waals surface area contributed by atoms with Crippen LogP contribution in [-0.4, -0.2) is 0 Å². The molecule has 0 spiro atoms. The molecule has 0 heterocycles. The van der Waals surface area contributed by atoms with Crippen molar-refractivity contribution < 1.29 is 4.39 Å². The summed E-state index contributed by atoms with van der Waals surface area (Å²) >= 11 is 0. The van der Waals surface area contributed by atoms with Crippen LogP contribution in [0.25, 0.3) is 0 Å². The molecule has 1 nitrogen and oxygen atoms in total. The summed E-state index contributed by atoms with van der Waals surface area (Å²) in [5.41, 5.74) is 0. The number of nitrogens with zero attached hydrogens (tertiary/aromatic N) is 1. The predicted molar refractivity (Wildman–Crippen MR) is 41.4 cm³/mol. The van der Waals surface area contributed by atoms with Gasteiger partial charge in [0.1, 0.15) is 6.07 Å². The number of rotatable bonds is 1. The van der Waals surface area contributed by atoms with Crippen LogP contribution in [0.3, 0.4) is 0 Å². The van der Waals surface area contributed by atoms with Crippen molar-refractivity contribution in [2.45, 2.75) is 32.1 Å². The average molecular weight is 153 g/mol. The van der Waals surface area contributed by atoms with Crippen molar-refractivity contribution in [1.82, 2.24) is 0 Å². The monoisotopic (exact) mass is 153 g/mol. The van der Waals surface area contributed by atoms with Crippen LogP contribution in [0.1, 0.15) is 32.1 Å². The van der Waals surface area contributed by atoms with E-state index in [0.29, 0.717) is 5.92 Å². The average Bonchev–Trinajstić information content (AvgIpc) is 2.06. The summed E-state index contributed by atoms with van der Waals surface area (Å²) in [5, 5.41) is 8.17. The Bertz CT molecular complexity index is 184. The molecule has 0 atom stereocenters. The van der Waals surface area contributed by atoms with Crippen LogP contribution >= 0.6 is 0 Å². The second-order valence-electron chi connectivity index (χ2n) is 3.02. The number of hydrogen-bond acceptors (Lipinski definition) is 1. The van der Waals surface area contributed by atoms with Gasteiger partial charge in [-0.05, 0) is 24.8 Å². The first-order chi connectivity index (χ1) is 5.33. The van der Waals surface area contributed by atoms with Gasteiger partial charge in [0, 0.05) is 0 Å². The van der Waals surface area contributed by atoms with Crippen LogP contribution in [0.5, 0.6) is 0 Å². The summed E-state index contributed by atoms with van der Waals surface area (Å²) in [4.78, 5) is 0. The summed E-state index contributed by atoms with van der Waals surface area (Å²) < 4.78 is 12.4. The Morgan fingerprint density at radius 2 is 2.00 bits per heavy atom. The molecular formula is C9H12FN. The van der Waals surface area contributed by atoms with Crippen LogP contribution < -0.4 is 0 Å². The predicted octanol–water partition coefficient (Wildman–Crippen LogP) is 2.94. The molecule has 0 aromatic heterocycles. The standard InChI is InChI=1S/C9H12FN/c10-9(7-11)6-8-4-2-1-3-5-8/h6,8H,1-5H2. The maximum Gasteiger partial charge on any atom is 0.196 e. The quantitative estimate of drug-likeness (QED) is 0.531. The molecule has 0 bridgehead atoms. The van der Waals surface area contributed by atoms with E-state index in [0.717, 1.165) is 12.8 Å². The first kappa shape index (κ1) is 8.26. The fourth-order valence-corrected chi connectivity index (χ4v) is 1.55. The summed E-state index contributed by atoms with van der Waals surface area (Å²) in [6, 6.07) is 1.51. The van der Waals surface area contributed by atoms with Crippen LogP contribution in [0, 0.1) is 17.2 Å². The molecule has 1 saturated carbocycles. The Balaban J connectivity index is 2.42. The largest absolute Gasteiger partial charge is 0.196 e. The highest BCUT2D eigenvalue weighted by Crippen LogP contribution is 2.25. The molecule has 1 rings (SSSR count). The minimum atomic E-state index is -0.614. The molecule has 1 aliphatic carbocycles. The minimum absolute atomic E-state index is 0.323.